The monoisotopic (exact) mass is 184 g/mol. The van der Waals surface area contributed by atoms with Gasteiger partial charge in [0, 0.05) is 13.0 Å². The molecule has 0 fully saturated rings. The molecule has 0 aromatic heterocycles. The molecule has 0 heterocycles. The standard InChI is InChI=1S/C8H12N2O3/c1-2-4-13-5-3-8(9-6-11)10-7-12/h8H,2-5H2,1H3. The van der Waals surface area contributed by atoms with E-state index >= 15 is 0 Å². The lowest BCUT2D eigenvalue weighted by atomic mass is 10.4. The number of hydrogen-bond donors (Lipinski definition) is 0. The van der Waals surface area contributed by atoms with Gasteiger partial charge in [-0.15, -0.1) is 0 Å². The highest BCUT2D eigenvalue weighted by molar-refractivity contribution is 5.36. The van der Waals surface area contributed by atoms with Gasteiger partial charge in [-0.3, -0.25) is 0 Å². The second-order valence-corrected chi connectivity index (χ2v) is 2.32. The first-order chi connectivity index (χ1) is 6.35. The molecule has 0 atom stereocenters. The molecule has 0 N–H and O–H groups in total. The lowest BCUT2D eigenvalue weighted by Crippen LogP contribution is -2.06. The lowest BCUT2D eigenvalue weighted by molar-refractivity contribution is 0.128. The Morgan fingerprint density at radius 3 is 2.31 bits per heavy atom. The largest absolute Gasteiger partial charge is 0.381 e. The molecule has 5 heteroatoms. The maximum absolute atomic E-state index is 9.86. The minimum absolute atomic E-state index is 0.407. The van der Waals surface area contributed by atoms with Crippen molar-refractivity contribution in [1.82, 2.24) is 0 Å². The Kier molecular flexibility index (Phi) is 7.95. The van der Waals surface area contributed by atoms with E-state index in [9.17, 15) is 9.59 Å². The van der Waals surface area contributed by atoms with Gasteiger partial charge in [0.1, 0.15) is 0 Å². The predicted molar refractivity (Wildman–Crippen MR) is 45.8 cm³/mol. The van der Waals surface area contributed by atoms with E-state index in [1.807, 2.05) is 6.92 Å². The third-order valence-electron chi connectivity index (χ3n) is 1.27. The Morgan fingerprint density at radius 2 is 1.85 bits per heavy atom. The minimum atomic E-state index is -0.688. The first kappa shape index (κ1) is 11.7. The summed E-state index contributed by atoms with van der Waals surface area (Å²) in [6.07, 6.45) is 3.33. The number of aliphatic imine (C=N–C) groups is 2. The van der Waals surface area contributed by atoms with Gasteiger partial charge in [0.15, 0.2) is 6.17 Å². The molecule has 0 aromatic carbocycles. The third-order valence-corrected chi connectivity index (χ3v) is 1.27. The Labute approximate surface area is 76.5 Å². The number of rotatable bonds is 7. The second-order valence-electron chi connectivity index (χ2n) is 2.32. The van der Waals surface area contributed by atoms with Gasteiger partial charge in [0.25, 0.3) is 0 Å². The van der Waals surface area contributed by atoms with E-state index < -0.39 is 6.17 Å². The zero-order valence-electron chi connectivity index (χ0n) is 7.52. The van der Waals surface area contributed by atoms with Crippen molar-refractivity contribution in [3.63, 3.8) is 0 Å². The van der Waals surface area contributed by atoms with Gasteiger partial charge in [0.2, 0.25) is 12.2 Å². The summed E-state index contributed by atoms with van der Waals surface area (Å²) >= 11 is 0. The van der Waals surface area contributed by atoms with Crippen molar-refractivity contribution >= 4 is 12.2 Å². The van der Waals surface area contributed by atoms with Crippen LogP contribution >= 0.6 is 0 Å². The fourth-order valence-electron chi connectivity index (χ4n) is 0.715. The van der Waals surface area contributed by atoms with E-state index in [0.717, 1.165) is 6.42 Å². The van der Waals surface area contributed by atoms with Crippen molar-refractivity contribution in [1.29, 1.82) is 0 Å². The van der Waals surface area contributed by atoms with Gasteiger partial charge in [-0.05, 0) is 6.42 Å². The molecule has 0 saturated carbocycles. The molecule has 0 aliphatic carbocycles. The van der Waals surface area contributed by atoms with E-state index in [4.69, 9.17) is 4.74 Å². The SMILES string of the molecule is CCCOCCC(N=C=O)N=C=O. The highest BCUT2D eigenvalue weighted by atomic mass is 16.5. The number of nitrogens with zero attached hydrogens (tertiary/aromatic N) is 2. The summed E-state index contributed by atoms with van der Waals surface area (Å²) < 4.78 is 5.13. The molecule has 13 heavy (non-hydrogen) atoms. The Hall–Kier alpha value is -1.28. The molecule has 0 rings (SSSR count). The van der Waals surface area contributed by atoms with Crippen LogP contribution in [0.4, 0.5) is 0 Å². The van der Waals surface area contributed by atoms with Crippen LogP contribution in [0.1, 0.15) is 19.8 Å². The Bertz CT molecular complexity index is 199. The highest BCUT2D eigenvalue weighted by Gasteiger charge is 2.02. The van der Waals surface area contributed by atoms with E-state index in [-0.39, 0.29) is 0 Å². The van der Waals surface area contributed by atoms with Crippen LogP contribution in [0.3, 0.4) is 0 Å². The number of ether oxygens (including phenoxy) is 1. The van der Waals surface area contributed by atoms with E-state index in [1.165, 1.54) is 12.2 Å². The summed E-state index contributed by atoms with van der Waals surface area (Å²) in [5, 5.41) is 0. The molecule has 72 valence electrons. The van der Waals surface area contributed by atoms with Crippen LogP contribution in [0.2, 0.25) is 0 Å². The molecule has 0 bridgehead atoms. The molecular weight excluding hydrogens is 172 g/mol. The van der Waals surface area contributed by atoms with Crippen LogP contribution in [-0.2, 0) is 14.3 Å². The summed E-state index contributed by atoms with van der Waals surface area (Å²) in [6, 6.07) is 0. The summed E-state index contributed by atoms with van der Waals surface area (Å²) in [4.78, 5) is 26.3. The van der Waals surface area contributed by atoms with Crippen molar-refractivity contribution in [3.8, 4) is 0 Å². The average molecular weight is 184 g/mol. The van der Waals surface area contributed by atoms with Gasteiger partial charge in [-0.2, -0.15) is 9.98 Å². The lowest BCUT2D eigenvalue weighted by Gasteiger charge is -2.03. The first-order valence-corrected chi connectivity index (χ1v) is 4.06. The van der Waals surface area contributed by atoms with Crippen molar-refractivity contribution in [2.45, 2.75) is 25.9 Å². The second kappa shape index (κ2) is 8.81. The van der Waals surface area contributed by atoms with Crippen LogP contribution < -0.4 is 0 Å². The number of hydrogen-bond acceptors (Lipinski definition) is 5. The Morgan fingerprint density at radius 1 is 1.23 bits per heavy atom. The van der Waals surface area contributed by atoms with Crippen molar-refractivity contribution in [2.24, 2.45) is 9.98 Å². The summed E-state index contributed by atoms with van der Waals surface area (Å²) in [7, 11) is 0. The summed E-state index contributed by atoms with van der Waals surface area (Å²) in [6.45, 7) is 3.07. The van der Waals surface area contributed by atoms with Crippen LogP contribution in [0, 0.1) is 0 Å². The molecule has 0 saturated heterocycles. The fraction of sp³-hybridized carbons (Fsp3) is 0.750. The highest BCUT2D eigenvalue weighted by Crippen LogP contribution is 1.98. The Balaban J connectivity index is 3.69. The number of carbonyl (C=O) groups excluding carboxylic acids is 2. The molecule has 0 aliphatic rings. The molecule has 0 aromatic rings. The maximum Gasteiger partial charge on any atom is 0.237 e. The van der Waals surface area contributed by atoms with E-state index in [1.54, 1.807) is 0 Å². The van der Waals surface area contributed by atoms with Crippen molar-refractivity contribution in [3.05, 3.63) is 0 Å². The molecule has 5 nitrogen and oxygen atoms in total. The van der Waals surface area contributed by atoms with Crippen LogP contribution in [0.15, 0.2) is 9.98 Å². The van der Waals surface area contributed by atoms with Crippen LogP contribution in [-0.4, -0.2) is 31.5 Å². The first-order valence-electron chi connectivity index (χ1n) is 4.06. The van der Waals surface area contributed by atoms with Gasteiger partial charge >= 0.3 is 0 Å². The van der Waals surface area contributed by atoms with Gasteiger partial charge in [0.05, 0.1) is 6.61 Å². The van der Waals surface area contributed by atoms with Crippen LogP contribution in [0.5, 0.6) is 0 Å². The van der Waals surface area contributed by atoms with E-state index in [2.05, 4.69) is 9.98 Å². The zero-order chi connectivity index (χ0) is 9.94. The average Bonchev–Trinajstić information content (AvgIpc) is 2.13. The zero-order valence-corrected chi connectivity index (χ0v) is 7.52. The van der Waals surface area contributed by atoms with Gasteiger partial charge in [-0.25, -0.2) is 9.59 Å². The van der Waals surface area contributed by atoms with Crippen molar-refractivity contribution in [2.75, 3.05) is 13.2 Å². The minimum Gasteiger partial charge on any atom is -0.381 e. The molecule has 0 aliphatic heterocycles. The third kappa shape index (κ3) is 7.09. The van der Waals surface area contributed by atoms with Crippen LogP contribution in [0.25, 0.3) is 0 Å². The molecule has 0 unspecified atom stereocenters. The fourth-order valence-corrected chi connectivity index (χ4v) is 0.715. The molecule has 0 radical (unpaired) electrons. The molecular formula is C8H12N2O3. The molecule has 0 amide bonds. The molecule has 0 spiro atoms. The van der Waals surface area contributed by atoms with E-state index in [0.29, 0.717) is 19.6 Å². The summed E-state index contributed by atoms with van der Waals surface area (Å²) in [5.74, 6) is 0. The van der Waals surface area contributed by atoms with Crippen molar-refractivity contribution < 1.29 is 14.3 Å². The van der Waals surface area contributed by atoms with Gasteiger partial charge in [-0.1, -0.05) is 6.92 Å². The normalized spacial score (nSPS) is 11.2. The number of isocyanates is 2. The predicted octanol–water partition coefficient (Wildman–Crippen LogP) is 0.801. The smallest absolute Gasteiger partial charge is 0.237 e. The van der Waals surface area contributed by atoms with Gasteiger partial charge < -0.3 is 4.74 Å². The quantitative estimate of drug-likeness (QED) is 0.334. The maximum atomic E-state index is 9.86. The summed E-state index contributed by atoms with van der Waals surface area (Å²) in [5.41, 5.74) is 0. The topological polar surface area (TPSA) is 68.1 Å².